The monoisotopic (exact) mass is 388 g/mol. The Morgan fingerprint density at radius 3 is 2.66 bits per heavy atom. The van der Waals surface area contributed by atoms with E-state index in [0.29, 0.717) is 13.0 Å². The molecule has 0 saturated carbocycles. The van der Waals surface area contributed by atoms with Crippen molar-refractivity contribution in [2.75, 3.05) is 13.1 Å². The molecule has 0 aliphatic carbocycles. The molecule has 1 fully saturated rings. The third kappa shape index (κ3) is 4.40. The fourth-order valence-electron chi connectivity index (χ4n) is 3.79. The fourth-order valence-corrected chi connectivity index (χ4v) is 3.79. The molecule has 1 unspecified atom stereocenters. The number of benzene rings is 2. The molecule has 0 bridgehead atoms. The van der Waals surface area contributed by atoms with Crippen molar-refractivity contribution in [3.05, 3.63) is 71.4 Å². The van der Waals surface area contributed by atoms with Crippen LogP contribution in [0, 0.1) is 13.8 Å². The first-order valence-electron chi connectivity index (χ1n) is 10.2. The Morgan fingerprint density at radius 1 is 1.10 bits per heavy atom. The van der Waals surface area contributed by atoms with Gasteiger partial charge < -0.3 is 5.32 Å². The standard InChI is InChI=1S/C24H28N4O/c1-17-7-9-22(10-8-17)28-16-21(15-27-12-11-23(29)25-14-19(27)3)24(26-28)20-6-4-5-18(2)13-20/h4-10,13,16,19H,11-12,14-15H2,1-3H3,(H,25,29). The third-order valence-electron chi connectivity index (χ3n) is 5.60. The number of rotatable bonds is 4. The zero-order chi connectivity index (χ0) is 20.4. The molecular formula is C24H28N4O. The quantitative estimate of drug-likeness (QED) is 0.738. The van der Waals surface area contributed by atoms with Gasteiger partial charge in [0, 0.05) is 49.4 Å². The molecule has 1 N–H and O–H groups in total. The van der Waals surface area contributed by atoms with Gasteiger partial charge in [-0.2, -0.15) is 5.10 Å². The maximum absolute atomic E-state index is 11.8. The van der Waals surface area contributed by atoms with Gasteiger partial charge in [0.1, 0.15) is 0 Å². The minimum Gasteiger partial charge on any atom is -0.355 e. The number of carbonyl (C=O) groups excluding carboxylic acids is 1. The number of hydrogen-bond donors (Lipinski definition) is 1. The lowest BCUT2D eigenvalue weighted by molar-refractivity contribution is -0.120. The van der Waals surface area contributed by atoms with E-state index in [2.05, 4.69) is 85.7 Å². The van der Waals surface area contributed by atoms with Crippen molar-refractivity contribution in [1.29, 1.82) is 0 Å². The van der Waals surface area contributed by atoms with Gasteiger partial charge in [-0.15, -0.1) is 0 Å². The van der Waals surface area contributed by atoms with Gasteiger partial charge in [-0.3, -0.25) is 9.69 Å². The molecule has 1 amide bonds. The molecule has 1 atom stereocenters. The minimum atomic E-state index is 0.133. The summed E-state index contributed by atoms with van der Waals surface area (Å²) < 4.78 is 1.97. The van der Waals surface area contributed by atoms with E-state index >= 15 is 0 Å². The number of nitrogens with zero attached hydrogens (tertiary/aromatic N) is 3. The number of amides is 1. The van der Waals surface area contributed by atoms with Crippen molar-refractivity contribution in [2.45, 2.75) is 39.8 Å². The lowest BCUT2D eigenvalue weighted by Gasteiger charge is -2.26. The van der Waals surface area contributed by atoms with Crippen molar-refractivity contribution in [3.63, 3.8) is 0 Å². The molecular weight excluding hydrogens is 360 g/mol. The van der Waals surface area contributed by atoms with Crippen LogP contribution >= 0.6 is 0 Å². The van der Waals surface area contributed by atoms with Crippen LogP contribution in [0.3, 0.4) is 0 Å². The van der Waals surface area contributed by atoms with Gasteiger partial charge in [0.05, 0.1) is 11.4 Å². The van der Waals surface area contributed by atoms with Crippen molar-refractivity contribution in [1.82, 2.24) is 20.0 Å². The first-order valence-corrected chi connectivity index (χ1v) is 10.2. The Hall–Kier alpha value is -2.92. The van der Waals surface area contributed by atoms with Gasteiger partial charge in [0.25, 0.3) is 0 Å². The SMILES string of the molecule is Cc1ccc(-n2cc(CN3CCC(=O)NCC3C)c(-c3cccc(C)c3)n2)cc1. The van der Waals surface area contributed by atoms with Crippen LogP contribution in [0.4, 0.5) is 0 Å². The molecule has 0 radical (unpaired) electrons. The number of nitrogens with one attached hydrogen (secondary N) is 1. The smallest absolute Gasteiger partial charge is 0.221 e. The highest BCUT2D eigenvalue weighted by atomic mass is 16.1. The summed E-state index contributed by atoms with van der Waals surface area (Å²) in [5, 5.41) is 7.96. The molecule has 5 heteroatoms. The molecule has 2 aromatic carbocycles. The Morgan fingerprint density at radius 2 is 1.90 bits per heavy atom. The van der Waals surface area contributed by atoms with Gasteiger partial charge >= 0.3 is 0 Å². The van der Waals surface area contributed by atoms with Crippen LogP contribution in [0.1, 0.15) is 30.0 Å². The number of aryl methyl sites for hydroxylation is 2. The number of hydrogen-bond acceptors (Lipinski definition) is 3. The van der Waals surface area contributed by atoms with Gasteiger partial charge in [0.15, 0.2) is 0 Å². The van der Waals surface area contributed by atoms with Crippen LogP contribution in [0.2, 0.25) is 0 Å². The molecule has 3 aromatic rings. The Labute approximate surface area is 172 Å². The van der Waals surface area contributed by atoms with E-state index in [1.165, 1.54) is 16.7 Å². The molecule has 1 aliphatic rings. The largest absolute Gasteiger partial charge is 0.355 e. The van der Waals surface area contributed by atoms with E-state index in [0.717, 1.165) is 30.0 Å². The van der Waals surface area contributed by atoms with E-state index in [1.54, 1.807) is 0 Å². The molecule has 1 aliphatic heterocycles. The molecule has 4 rings (SSSR count). The third-order valence-corrected chi connectivity index (χ3v) is 5.60. The number of aromatic nitrogens is 2. The average Bonchev–Trinajstić information content (AvgIpc) is 3.06. The second-order valence-corrected chi connectivity index (χ2v) is 8.03. The molecule has 5 nitrogen and oxygen atoms in total. The zero-order valence-electron chi connectivity index (χ0n) is 17.4. The van der Waals surface area contributed by atoms with Gasteiger partial charge in [-0.1, -0.05) is 41.5 Å². The Balaban J connectivity index is 1.72. The molecule has 1 saturated heterocycles. The van der Waals surface area contributed by atoms with E-state index in [1.807, 2.05) is 4.68 Å². The van der Waals surface area contributed by atoms with E-state index < -0.39 is 0 Å². The first-order chi connectivity index (χ1) is 14.0. The van der Waals surface area contributed by atoms with Gasteiger partial charge in [0.2, 0.25) is 5.91 Å². The summed E-state index contributed by atoms with van der Waals surface area (Å²) in [6.07, 6.45) is 2.67. The predicted octanol–water partition coefficient (Wildman–Crippen LogP) is 3.87. The Bertz CT molecular complexity index is 1010. The second-order valence-electron chi connectivity index (χ2n) is 8.03. The summed E-state index contributed by atoms with van der Waals surface area (Å²) in [7, 11) is 0. The van der Waals surface area contributed by atoms with Crippen LogP contribution in [0.25, 0.3) is 16.9 Å². The maximum atomic E-state index is 11.8. The molecule has 1 aromatic heterocycles. The summed E-state index contributed by atoms with van der Waals surface area (Å²) in [4.78, 5) is 14.2. The van der Waals surface area contributed by atoms with E-state index in [4.69, 9.17) is 5.10 Å². The molecule has 0 spiro atoms. The lowest BCUT2D eigenvalue weighted by atomic mass is 10.1. The highest BCUT2D eigenvalue weighted by Gasteiger charge is 2.23. The van der Waals surface area contributed by atoms with E-state index in [9.17, 15) is 4.79 Å². The summed E-state index contributed by atoms with van der Waals surface area (Å²) in [5.74, 6) is 0.133. The first kappa shape index (κ1) is 19.4. The van der Waals surface area contributed by atoms with Crippen LogP contribution in [-0.2, 0) is 11.3 Å². The van der Waals surface area contributed by atoms with Crippen LogP contribution < -0.4 is 5.32 Å². The molecule has 150 valence electrons. The maximum Gasteiger partial charge on any atom is 0.221 e. The second kappa shape index (κ2) is 8.21. The summed E-state index contributed by atoms with van der Waals surface area (Å²) in [6.45, 7) is 8.58. The summed E-state index contributed by atoms with van der Waals surface area (Å²) in [6, 6.07) is 17.2. The molecule has 2 heterocycles. The topological polar surface area (TPSA) is 50.2 Å². The summed E-state index contributed by atoms with van der Waals surface area (Å²) >= 11 is 0. The van der Waals surface area contributed by atoms with Crippen LogP contribution in [0.15, 0.2) is 54.7 Å². The van der Waals surface area contributed by atoms with Crippen molar-refractivity contribution in [3.8, 4) is 16.9 Å². The van der Waals surface area contributed by atoms with Crippen molar-refractivity contribution < 1.29 is 4.79 Å². The minimum absolute atomic E-state index is 0.133. The van der Waals surface area contributed by atoms with E-state index in [-0.39, 0.29) is 11.9 Å². The average molecular weight is 389 g/mol. The van der Waals surface area contributed by atoms with Crippen LogP contribution in [-0.4, -0.2) is 39.7 Å². The van der Waals surface area contributed by atoms with Crippen LogP contribution in [0.5, 0.6) is 0 Å². The van der Waals surface area contributed by atoms with Gasteiger partial charge in [-0.25, -0.2) is 4.68 Å². The van der Waals surface area contributed by atoms with Crippen molar-refractivity contribution >= 4 is 5.91 Å². The fraction of sp³-hybridized carbons (Fsp3) is 0.333. The Kier molecular flexibility index (Phi) is 5.49. The highest BCUT2D eigenvalue weighted by Crippen LogP contribution is 2.26. The zero-order valence-corrected chi connectivity index (χ0v) is 17.4. The van der Waals surface area contributed by atoms with Gasteiger partial charge in [-0.05, 0) is 39.0 Å². The number of carbonyl (C=O) groups is 1. The van der Waals surface area contributed by atoms with Crippen molar-refractivity contribution in [2.24, 2.45) is 0 Å². The predicted molar refractivity (Wildman–Crippen MR) is 116 cm³/mol. The lowest BCUT2D eigenvalue weighted by Crippen LogP contribution is -2.37. The summed E-state index contributed by atoms with van der Waals surface area (Å²) in [5.41, 5.74) is 6.81. The highest BCUT2D eigenvalue weighted by molar-refractivity contribution is 5.76. The normalized spacial score (nSPS) is 17.8. The molecule has 29 heavy (non-hydrogen) atoms.